The standard InChI is InChI=1S/C26H22ClFN4O2/c1-14-10-18(6-8-29-14)24-11-17(7-9-34-24)23-13-21(20-5-4-19(27)12-22(20)28)25-30-16(3)15(2)26(33)32(25)31-23/h4-6,8,10-13,24H,7,9H2,1-3H3. The van der Waals surface area contributed by atoms with E-state index in [0.717, 1.165) is 16.8 Å². The fraction of sp³-hybridized carbons (Fsp3) is 0.231. The summed E-state index contributed by atoms with van der Waals surface area (Å²) in [7, 11) is 0. The van der Waals surface area contributed by atoms with Crippen LogP contribution in [0.4, 0.5) is 4.39 Å². The van der Waals surface area contributed by atoms with Gasteiger partial charge in [0.05, 0.1) is 12.3 Å². The highest BCUT2D eigenvalue weighted by molar-refractivity contribution is 6.30. The Morgan fingerprint density at radius 2 is 1.94 bits per heavy atom. The summed E-state index contributed by atoms with van der Waals surface area (Å²) in [6, 6.07) is 10.1. The first-order valence-corrected chi connectivity index (χ1v) is 11.3. The van der Waals surface area contributed by atoms with Gasteiger partial charge in [0.15, 0.2) is 5.65 Å². The smallest absolute Gasteiger partial charge is 0.277 e. The van der Waals surface area contributed by atoms with E-state index in [1.165, 1.54) is 10.6 Å². The van der Waals surface area contributed by atoms with Gasteiger partial charge in [-0.2, -0.15) is 9.61 Å². The predicted octanol–water partition coefficient (Wildman–Crippen LogP) is 5.41. The molecule has 0 bridgehead atoms. The Hall–Kier alpha value is -3.42. The zero-order valence-corrected chi connectivity index (χ0v) is 19.7. The van der Waals surface area contributed by atoms with E-state index in [4.69, 9.17) is 16.3 Å². The quantitative estimate of drug-likeness (QED) is 0.395. The topological polar surface area (TPSA) is 69.4 Å². The Morgan fingerprint density at radius 1 is 1.12 bits per heavy atom. The van der Waals surface area contributed by atoms with Crippen LogP contribution in [0.2, 0.25) is 5.02 Å². The summed E-state index contributed by atoms with van der Waals surface area (Å²) in [5.74, 6) is -0.495. The lowest BCUT2D eigenvalue weighted by Crippen LogP contribution is -2.23. The monoisotopic (exact) mass is 476 g/mol. The normalized spacial score (nSPS) is 16.0. The van der Waals surface area contributed by atoms with Crippen molar-refractivity contribution in [3.05, 3.63) is 98.1 Å². The van der Waals surface area contributed by atoms with Gasteiger partial charge in [0.25, 0.3) is 5.56 Å². The SMILES string of the molecule is Cc1cc(C2C=C(c3cc(-c4ccc(Cl)cc4F)c4nc(C)c(C)c(=O)n4n3)CCO2)ccn1. The van der Waals surface area contributed by atoms with Crippen LogP contribution >= 0.6 is 11.6 Å². The molecule has 5 rings (SSSR count). The molecule has 4 aromatic rings. The summed E-state index contributed by atoms with van der Waals surface area (Å²) >= 11 is 5.98. The lowest BCUT2D eigenvalue weighted by atomic mass is 9.98. The third-order valence-corrected chi connectivity index (χ3v) is 6.32. The van der Waals surface area contributed by atoms with E-state index >= 15 is 0 Å². The Labute approximate surface area is 200 Å². The van der Waals surface area contributed by atoms with Crippen molar-refractivity contribution < 1.29 is 9.13 Å². The first kappa shape index (κ1) is 22.4. The van der Waals surface area contributed by atoms with E-state index in [2.05, 4.69) is 15.1 Å². The van der Waals surface area contributed by atoms with Crippen LogP contribution in [0.25, 0.3) is 22.3 Å². The average Bonchev–Trinajstić information content (AvgIpc) is 2.82. The molecule has 0 radical (unpaired) electrons. The van der Waals surface area contributed by atoms with Gasteiger partial charge in [-0.25, -0.2) is 9.37 Å². The molecular formula is C26H22ClFN4O2. The number of benzene rings is 1. The van der Waals surface area contributed by atoms with Crippen molar-refractivity contribution in [2.45, 2.75) is 33.3 Å². The van der Waals surface area contributed by atoms with E-state index in [-0.39, 0.29) is 11.7 Å². The summed E-state index contributed by atoms with van der Waals surface area (Å²) in [5.41, 5.74) is 5.23. The number of pyridine rings is 1. The van der Waals surface area contributed by atoms with Crippen LogP contribution in [0.15, 0.2) is 53.5 Å². The number of hydrogen-bond acceptors (Lipinski definition) is 5. The molecule has 0 N–H and O–H groups in total. The molecule has 0 saturated heterocycles. The lowest BCUT2D eigenvalue weighted by molar-refractivity contribution is 0.0825. The van der Waals surface area contributed by atoms with Crippen molar-refractivity contribution in [3.63, 3.8) is 0 Å². The maximum atomic E-state index is 15.0. The lowest BCUT2D eigenvalue weighted by Gasteiger charge is -2.23. The number of rotatable bonds is 3. The molecule has 1 aromatic carbocycles. The number of nitrogens with zero attached hydrogens (tertiary/aromatic N) is 4. The van der Waals surface area contributed by atoms with Crippen molar-refractivity contribution in [3.8, 4) is 11.1 Å². The van der Waals surface area contributed by atoms with Crippen LogP contribution in [0.3, 0.4) is 0 Å². The van der Waals surface area contributed by atoms with Gasteiger partial charge in [-0.15, -0.1) is 0 Å². The highest BCUT2D eigenvalue weighted by Gasteiger charge is 2.22. The first-order chi connectivity index (χ1) is 16.3. The Kier molecular flexibility index (Phi) is 5.75. The summed E-state index contributed by atoms with van der Waals surface area (Å²) in [5, 5.41) is 4.93. The maximum absolute atomic E-state index is 15.0. The second-order valence-electron chi connectivity index (χ2n) is 8.39. The fourth-order valence-corrected chi connectivity index (χ4v) is 4.29. The third-order valence-electron chi connectivity index (χ3n) is 6.08. The largest absolute Gasteiger partial charge is 0.369 e. The van der Waals surface area contributed by atoms with Crippen molar-refractivity contribution in [2.24, 2.45) is 0 Å². The Morgan fingerprint density at radius 3 is 2.71 bits per heavy atom. The van der Waals surface area contributed by atoms with Crippen LogP contribution in [-0.2, 0) is 4.74 Å². The molecule has 34 heavy (non-hydrogen) atoms. The second kappa shape index (κ2) is 8.74. The number of hydrogen-bond donors (Lipinski definition) is 0. The van der Waals surface area contributed by atoms with Crippen LogP contribution in [0.1, 0.15) is 40.7 Å². The van der Waals surface area contributed by atoms with Crippen LogP contribution in [-0.4, -0.2) is 26.2 Å². The molecule has 8 heteroatoms. The second-order valence-corrected chi connectivity index (χ2v) is 8.83. The van der Waals surface area contributed by atoms with E-state index in [0.29, 0.717) is 51.8 Å². The molecular weight excluding hydrogens is 455 g/mol. The first-order valence-electron chi connectivity index (χ1n) is 10.9. The molecule has 4 heterocycles. The number of ether oxygens (including phenoxy) is 1. The molecule has 0 fully saturated rings. The minimum atomic E-state index is -0.495. The molecule has 0 aliphatic carbocycles. The number of aromatic nitrogens is 4. The zero-order chi connectivity index (χ0) is 24.0. The summed E-state index contributed by atoms with van der Waals surface area (Å²) in [4.78, 5) is 22.0. The minimum absolute atomic E-state index is 0.270. The molecule has 0 amide bonds. The van der Waals surface area contributed by atoms with E-state index in [9.17, 15) is 9.18 Å². The van der Waals surface area contributed by atoms with Crippen molar-refractivity contribution >= 4 is 22.8 Å². The third kappa shape index (κ3) is 4.02. The molecule has 172 valence electrons. The molecule has 1 atom stereocenters. The van der Waals surface area contributed by atoms with Gasteiger partial charge in [-0.3, -0.25) is 9.78 Å². The summed E-state index contributed by atoms with van der Waals surface area (Å²) in [6.07, 6.45) is 4.08. The van der Waals surface area contributed by atoms with Crippen LogP contribution < -0.4 is 5.56 Å². The van der Waals surface area contributed by atoms with E-state index in [1.54, 1.807) is 38.2 Å². The van der Waals surface area contributed by atoms with Crippen molar-refractivity contribution in [1.82, 2.24) is 19.6 Å². The van der Waals surface area contributed by atoms with Gasteiger partial charge in [-0.1, -0.05) is 11.6 Å². The number of halogens is 2. The van der Waals surface area contributed by atoms with Crippen LogP contribution in [0.5, 0.6) is 0 Å². The van der Waals surface area contributed by atoms with E-state index < -0.39 is 5.82 Å². The Bertz CT molecular complexity index is 1530. The average molecular weight is 477 g/mol. The zero-order valence-electron chi connectivity index (χ0n) is 19.0. The molecule has 1 aliphatic heterocycles. The van der Waals surface area contributed by atoms with Crippen LogP contribution in [0, 0.1) is 26.6 Å². The van der Waals surface area contributed by atoms with Crippen molar-refractivity contribution in [1.29, 1.82) is 0 Å². The summed E-state index contributed by atoms with van der Waals surface area (Å²) in [6.45, 7) is 5.89. The molecule has 0 spiro atoms. The van der Waals surface area contributed by atoms with Gasteiger partial charge in [0.1, 0.15) is 11.9 Å². The maximum Gasteiger partial charge on any atom is 0.277 e. The Balaban J connectivity index is 1.74. The molecule has 1 aliphatic rings. The van der Waals surface area contributed by atoms with Gasteiger partial charge in [-0.05, 0) is 80.8 Å². The van der Waals surface area contributed by atoms with Gasteiger partial charge >= 0.3 is 0 Å². The molecule has 6 nitrogen and oxygen atoms in total. The van der Waals surface area contributed by atoms with Gasteiger partial charge in [0.2, 0.25) is 0 Å². The molecule has 0 saturated carbocycles. The van der Waals surface area contributed by atoms with Gasteiger partial charge in [0, 0.05) is 39.3 Å². The molecule has 3 aromatic heterocycles. The highest BCUT2D eigenvalue weighted by atomic mass is 35.5. The number of aryl methyl sites for hydroxylation is 2. The fourth-order valence-electron chi connectivity index (χ4n) is 4.13. The number of fused-ring (bicyclic) bond motifs is 1. The van der Waals surface area contributed by atoms with E-state index in [1.807, 2.05) is 25.1 Å². The minimum Gasteiger partial charge on any atom is -0.369 e. The molecule has 1 unspecified atom stereocenters. The summed E-state index contributed by atoms with van der Waals surface area (Å²) < 4.78 is 22.2. The highest BCUT2D eigenvalue weighted by Crippen LogP contribution is 2.34. The van der Waals surface area contributed by atoms with Gasteiger partial charge < -0.3 is 4.74 Å². The van der Waals surface area contributed by atoms with Crippen molar-refractivity contribution in [2.75, 3.05) is 6.61 Å². The predicted molar refractivity (Wildman–Crippen MR) is 129 cm³/mol.